The third-order valence-corrected chi connectivity index (χ3v) is 4.59. The molecule has 1 saturated carbocycles. The standard InChI is InChI=1S/C10H14BrNOS/c1-7-3-2-4-10(13,5-7)9-12-8(11)6-14-9/h6-7,13H,2-5H2,1H3. The zero-order valence-corrected chi connectivity index (χ0v) is 10.6. The maximum absolute atomic E-state index is 10.5. The summed E-state index contributed by atoms with van der Waals surface area (Å²) in [5.74, 6) is 0.608. The largest absolute Gasteiger partial charge is 0.383 e. The van der Waals surface area contributed by atoms with Crippen LogP contribution in [0, 0.1) is 5.92 Å². The lowest BCUT2D eigenvalue weighted by molar-refractivity contribution is -0.0181. The van der Waals surface area contributed by atoms with Crippen LogP contribution in [0.1, 0.15) is 37.6 Å². The van der Waals surface area contributed by atoms with Gasteiger partial charge >= 0.3 is 0 Å². The van der Waals surface area contributed by atoms with Crippen molar-refractivity contribution in [3.05, 3.63) is 15.0 Å². The summed E-state index contributed by atoms with van der Waals surface area (Å²) in [5, 5.41) is 13.3. The molecule has 0 aliphatic heterocycles. The van der Waals surface area contributed by atoms with Crippen LogP contribution in [-0.4, -0.2) is 10.1 Å². The average Bonchev–Trinajstić information content (AvgIpc) is 2.52. The molecule has 0 spiro atoms. The first-order valence-corrected chi connectivity index (χ1v) is 6.61. The van der Waals surface area contributed by atoms with Crippen molar-refractivity contribution in [3.63, 3.8) is 0 Å². The van der Waals surface area contributed by atoms with Gasteiger partial charge in [0.2, 0.25) is 0 Å². The fourth-order valence-electron chi connectivity index (χ4n) is 2.19. The van der Waals surface area contributed by atoms with E-state index in [-0.39, 0.29) is 0 Å². The molecule has 1 aromatic rings. The predicted molar refractivity (Wildman–Crippen MR) is 61.3 cm³/mol. The summed E-state index contributed by atoms with van der Waals surface area (Å²) < 4.78 is 0.837. The summed E-state index contributed by atoms with van der Waals surface area (Å²) in [6, 6.07) is 0. The first-order valence-electron chi connectivity index (χ1n) is 4.94. The Morgan fingerprint density at radius 1 is 1.71 bits per heavy atom. The molecular weight excluding hydrogens is 262 g/mol. The van der Waals surface area contributed by atoms with Gasteiger partial charge in [-0.3, -0.25) is 0 Å². The first-order chi connectivity index (χ1) is 6.60. The van der Waals surface area contributed by atoms with Crippen molar-refractivity contribution < 1.29 is 5.11 Å². The summed E-state index contributed by atoms with van der Waals surface area (Å²) in [6.07, 6.45) is 4.05. The normalized spacial score (nSPS) is 33.2. The summed E-state index contributed by atoms with van der Waals surface area (Å²) in [4.78, 5) is 4.33. The van der Waals surface area contributed by atoms with E-state index in [1.165, 1.54) is 6.42 Å². The van der Waals surface area contributed by atoms with Crippen molar-refractivity contribution in [2.24, 2.45) is 5.92 Å². The van der Waals surface area contributed by atoms with Gasteiger partial charge in [0.05, 0.1) is 0 Å². The average molecular weight is 276 g/mol. The fourth-order valence-corrected chi connectivity index (χ4v) is 3.58. The minimum absolute atomic E-state index is 0.608. The second-order valence-electron chi connectivity index (χ2n) is 4.21. The summed E-state index contributed by atoms with van der Waals surface area (Å²) in [5.41, 5.74) is -0.658. The maximum Gasteiger partial charge on any atom is 0.126 e. The van der Waals surface area contributed by atoms with Crippen LogP contribution in [0.25, 0.3) is 0 Å². The Hall–Kier alpha value is 0.0700. The topological polar surface area (TPSA) is 33.1 Å². The Morgan fingerprint density at radius 2 is 2.50 bits per heavy atom. The van der Waals surface area contributed by atoms with Crippen molar-refractivity contribution in [2.45, 2.75) is 38.2 Å². The second-order valence-corrected chi connectivity index (χ2v) is 5.88. The molecule has 2 rings (SSSR count). The Kier molecular flexibility index (Phi) is 2.96. The number of aliphatic hydroxyl groups is 1. The molecule has 2 atom stereocenters. The molecule has 0 radical (unpaired) electrons. The van der Waals surface area contributed by atoms with Crippen molar-refractivity contribution in [2.75, 3.05) is 0 Å². The lowest BCUT2D eigenvalue weighted by Crippen LogP contribution is -2.31. The third kappa shape index (κ3) is 2.02. The lowest BCUT2D eigenvalue weighted by atomic mass is 9.79. The fraction of sp³-hybridized carbons (Fsp3) is 0.700. The highest BCUT2D eigenvalue weighted by Gasteiger charge is 2.36. The van der Waals surface area contributed by atoms with Crippen molar-refractivity contribution in [1.29, 1.82) is 0 Å². The Morgan fingerprint density at radius 3 is 3.07 bits per heavy atom. The van der Waals surface area contributed by atoms with E-state index in [0.717, 1.165) is 28.9 Å². The monoisotopic (exact) mass is 275 g/mol. The SMILES string of the molecule is CC1CCCC(O)(c2nc(Br)cs2)C1. The highest BCUT2D eigenvalue weighted by molar-refractivity contribution is 9.10. The molecule has 4 heteroatoms. The highest BCUT2D eigenvalue weighted by Crippen LogP contribution is 2.41. The molecule has 1 aliphatic rings. The van der Waals surface area contributed by atoms with E-state index in [1.54, 1.807) is 11.3 Å². The van der Waals surface area contributed by atoms with E-state index in [4.69, 9.17) is 0 Å². The van der Waals surface area contributed by atoms with E-state index in [2.05, 4.69) is 27.8 Å². The van der Waals surface area contributed by atoms with Gasteiger partial charge in [-0.05, 0) is 41.1 Å². The van der Waals surface area contributed by atoms with Gasteiger partial charge in [0.1, 0.15) is 15.2 Å². The van der Waals surface area contributed by atoms with Gasteiger partial charge in [-0.2, -0.15) is 0 Å². The quantitative estimate of drug-likeness (QED) is 0.853. The van der Waals surface area contributed by atoms with Crippen LogP contribution < -0.4 is 0 Å². The molecule has 1 aromatic heterocycles. The Labute approximate surface area is 96.5 Å². The van der Waals surface area contributed by atoms with Crippen LogP contribution in [0.5, 0.6) is 0 Å². The minimum atomic E-state index is -0.658. The molecule has 0 amide bonds. The van der Waals surface area contributed by atoms with Gasteiger partial charge in [0.25, 0.3) is 0 Å². The van der Waals surface area contributed by atoms with Crippen molar-refractivity contribution in [3.8, 4) is 0 Å². The molecule has 0 bridgehead atoms. The number of nitrogens with zero attached hydrogens (tertiary/aromatic N) is 1. The van der Waals surface area contributed by atoms with Crippen LogP contribution >= 0.6 is 27.3 Å². The summed E-state index contributed by atoms with van der Waals surface area (Å²) in [6.45, 7) is 2.20. The number of aromatic nitrogens is 1. The number of hydrogen-bond donors (Lipinski definition) is 1. The van der Waals surface area contributed by atoms with E-state index < -0.39 is 5.60 Å². The van der Waals surface area contributed by atoms with Gasteiger partial charge in [0, 0.05) is 5.38 Å². The summed E-state index contributed by atoms with van der Waals surface area (Å²) >= 11 is 4.88. The smallest absolute Gasteiger partial charge is 0.126 e. The van der Waals surface area contributed by atoms with Gasteiger partial charge < -0.3 is 5.11 Å². The molecule has 14 heavy (non-hydrogen) atoms. The third-order valence-electron chi connectivity index (χ3n) is 2.85. The second kappa shape index (κ2) is 3.91. The molecule has 0 aromatic carbocycles. The predicted octanol–water partition coefficient (Wildman–Crippen LogP) is 3.30. The molecule has 1 fully saturated rings. The molecule has 1 N–H and O–H groups in total. The molecule has 1 heterocycles. The van der Waals surface area contributed by atoms with Gasteiger partial charge in [-0.25, -0.2) is 4.98 Å². The number of hydrogen-bond acceptors (Lipinski definition) is 3. The van der Waals surface area contributed by atoms with Gasteiger partial charge in [-0.15, -0.1) is 11.3 Å². The van der Waals surface area contributed by atoms with Crippen LogP contribution in [-0.2, 0) is 5.60 Å². The van der Waals surface area contributed by atoms with Gasteiger partial charge in [-0.1, -0.05) is 13.3 Å². The van der Waals surface area contributed by atoms with Crippen LogP contribution in [0.2, 0.25) is 0 Å². The van der Waals surface area contributed by atoms with E-state index in [9.17, 15) is 5.11 Å². The van der Waals surface area contributed by atoms with Gasteiger partial charge in [0.15, 0.2) is 0 Å². The summed E-state index contributed by atoms with van der Waals surface area (Å²) in [7, 11) is 0. The number of rotatable bonds is 1. The first kappa shape index (κ1) is 10.6. The number of halogens is 1. The molecule has 2 unspecified atom stereocenters. The van der Waals surface area contributed by atoms with Crippen LogP contribution in [0.3, 0.4) is 0 Å². The zero-order chi connectivity index (χ0) is 10.2. The number of thiazole rings is 1. The van der Waals surface area contributed by atoms with Crippen molar-refractivity contribution in [1.82, 2.24) is 4.98 Å². The minimum Gasteiger partial charge on any atom is -0.383 e. The highest BCUT2D eigenvalue weighted by atomic mass is 79.9. The maximum atomic E-state index is 10.5. The molecule has 0 saturated heterocycles. The molecule has 1 aliphatic carbocycles. The van der Waals surface area contributed by atoms with E-state index in [1.807, 2.05) is 5.38 Å². The van der Waals surface area contributed by atoms with E-state index in [0.29, 0.717) is 5.92 Å². The molecule has 2 nitrogen and oxygen atoms in total. The Balaban J connectivity index is 2.22. The molecule has 78 valence electrons. The lowest BCUT2D eigenvalue weighted by Gasteiger charge is -2.33. The van der Waals surface area contributed by atoms with E-state index >= 15 is 0 Å². The van der Waals surface area contributed by atoms with Crippen molar-refractivity contribution >= 4 is 27.3 Å². The Bertz CT molecular complexity index is 328. The zero-order valence-electron chi connectivity index (χ0n) is 8.16. The van der Waals surface area contributed by atoms with Crippen LogP contribution in [0.4, 0.5) is 0 Å². The molecular formula is C10H14BrNOS. The van der Waals surface area contributed by atoms with Crippen LogP contribution in [0.15, 0.2) is 9.98 Å².